The summed E-state index contributed by atoms with van der Waals surface area (Å²) in [5, 5.41) is 0.819. The van der Waals surface area contributed by atoms with Gasteiger partial charge in [0.1, 0.15) is 0 Å². The van der Waals surface area contributed by atoms with E-state index in [2.05, 4.69) is 11.8 Å². The van der Waals surface area contributed by atoms with Gasteiger partial charge in [-0.1, -0.05) is 36.2 Å². The summed E-state index contributed by atoms with van der Waals surface area (Å²) in [6, 6.07) is 4.95. The minimum atomic E-state index is -3.29. The lowest BCUT2D eigenvalue weighted by Gasteiger charge is -2.33. The van der Waals surface area contributed by atoms with Crippen LogP contribution in [0.5, 0.6) is 0 Å². The Labute approximate surface area is 130 Å². The summed E-state index contributed by atoms with van der Waals surface area (Å²) in [6.45, 7) is 5.73. The Morgan fingerprint density at radius 3 is 2.30 bits per heavy atom. The molecule has 0 spiro atoms. The monoisotopic (exact) mass is 336 g/mol. The molecule has 1 saturated heterocycles. The maximum Gasteiger partial charge on any atom is 0.218 e. The standard InChI is InChI=1S/C13H18Cl2N2O2S/c1-2-16-5-7-17(8-6-16)20(18,19)10-11-3-4-12(14)13(15)9-11/h3-4,9H,2,5-8,10H2,1H3. The number of hydrogen-bond acceptors (Lipinski definition) is 3. The Kier molecular flexibility index (Phi) is 5.31. The van der Waals surface area contributed by atoms with Crippen LogP contribution in [0.2, 0.25) is 10.0 Å². The van der Waals surface area contributed by atoms with E-state index in [0.717, 1.165) is 19.6 Å². The topological polar surface area (TPSA) is 40.6 Å². The van der Waals surface area contributed by atoms with Crippen molar-refractivity contribution < 1.29 is 8.42 Å². The van der Waals surface area contributed by atoms with Crippen LogP contribution in [0, 0.1) is 0 Å². The molecule has 1 fully saturated rings. The highest BCUT2D eigenvalue weighted by atomic mass is 35.5. The Balaban J connectivity index is 2.05. The van der Waals surface area contributed by atoms with Crippen LogP contribution in [0.25, 0.3) is 0 Å². The maximum atomic E-state index is 12.4. The van der Waals surface area contributed by atoms with E-state index in [-0.39, 0.29) is 5.75 Å². The zero-order chi connectivity index (χ0) is 14.8. The zero-order valence-corrected chi connectivity index (χ0v) is 13.7. The molecule has 1 aromatic carbocycles. The summed E-state index contributed by atoms with van der Waals surface area (Å²) in [5.41, 5.74) is 0.664. The van der Waals surface area contributed by atoms with Crippen LogP contribution in [0.15, 0.2) is 18.2 Å². The first kappa shape index (κ1) is 16.0. The quantitative estimate of drug-likeness (QED) is 0.847. The van der Waals surface area contributed by atoms with Crippen molar-refractivity contribution in [2.45, 2.75) is 12.7 Å². The largest absolute Gasteiger partial charge is 0.301 e. The van der Waals surface area contributed by atoms with Crippen molar-refractivity contribution in [3.05, 3.63) is 33.8 Å². The van der Waals surface area contributed by atoms with Gasteiger partial charge in [0.05, 0.1) is 15.8 Å². The van der Waals surface area contributed by atoms with Crippen LogP contribution in [0.3, 0.4) is 0 Å². The average molecular weight is 337 g/mol. The highest BCUT2D eigenvalue weighted by Gasteiger charge is 2.26. The fourth-order valence-corrected chi connectivity index (χ4v) is 4.08. The van der Waals surface area contributed by atoms with Crippen molar-refractivity contribution in [1.82, 2.24) is 9.21 Å². The van der Waals surface area contributed by atoms with Crippen LogP contribution >= 0.6 is 23.2 Å². The molecule has 1 aliphatic heterocycles. The molecule has 7 heteroatoms. The molecular weight excluding hydrogens is 319 g/mol. The maximum absolute atomic E-state index is 12.4. The molecule has 112 valence electrons. The van der Waals surface area contributed by atoms with Gasteiger partial charge in [-0.05, 0) is 24.2 Å². The van der Waals surface area contributed by atoms with Gasteiger partial charge in [-0.3, -0.25) is 0 Å². The molecule has 1 aromatic rings. The van der Waals surface area contributed by atoms with E-state index < -0.39 is 10.0 Å². The summed E-state index contributed by atoms with van der Waals surface area (Å²) < 4.78 is 26.3. The van der Waals surface area contributed by atoms with E-state index in [4.69, 9.17) is 23.2 Å². The highest BCUT2D eigenvalue weighted by Crippen LogP contribution is 2.24. The number of rotatable bonds is 4. The van der Waals surface area contributed by atoms with Gasteiger partial charge in [-0.25, -0.2) is 8.42 Å². The first-order valence-corrected chi connectivity index (χ1v) is 8.93. The summed E-state index contributed by atoms with van der Waals surface area (Å²) in [4.78, 5) is 2.24. The first-order chi connectivity index (χ1) is 9.42. The fraction of sp³-hybridized carbons (Fsp3) is 0.538. The van der Waals surface area contributed by atoms with Crippen molar-refractivity contribution in [3.8, 4) is 0 Å². The van der Waals surface area contributed by atoms with Crippen molar-refractivity contribution >= 4 is 33.2 Å². The van der Waals surface area contributed by atoms with E-state index in [9.17, 15) is 8.42 Å². The smallest absolute Gasteiger partial charge is 0.218 e. The summed E-state index contributed by atoms with van der Waals surface area (Å²) in [7, 11) is -3.29. The van der Waals surface area contributed by atoms with Gasteiger partial charge in [-0.15, -0.1) is 0 Å². The Hall–Kier alpha value is -0.330. The molecule has 2 rings (SSSR count). The lowest BCUT2D eigenvalue weighted by Crippen LogP contribution is -2.48. The molecule has 0 atom stereocenters. The summed E-state index contributed by atoms with van der Waals surface area (Å²) in [6.07, 6.45) is 0. The molecule has 1 heterocycles. The number of piperazine rings is 1. The Morgan fingerprint density at radius 2 is 1.75 bits per heavy atom. The Morgan fingerprint density at radius 1 is 1.10 bits per heavy atom. The van der Waals surface area contributed by atoms with Gasteiger partial charge in [-0.2, -0.15) is 4.31 Å². The third kappa shape index (κ3) is 3.86. The van der Waals surface area contributed by atoms with Gasteiger partial charge < -0.3 is 4.90 Å². The number of benzene rings is 1. The molecule has 0 radical (unpaired) electrons. The number of halogens is 2. The molecular formula is C13H18Cl2N2O2S. The number of hydrogen-bond donors (Lipinski definition) is 0. The lowest BCUT2D eigenvalue weighted by atomic mass is 10.2. The summed E-state index contributed by atoms with van der Waals surface area (Å²) in [5.74, 6) is -0.0317. The normalized spacial score (nSPS) is 18.4. The second-order valence-corrected chi connectivity index (χ2v) is 7.62. The van der Waals surface area contributed by atoms with Gasteiger partial charge in [0.25, 0.3) is 0 Å². The molecule has 0 unspecified atom stereocenters. The van der Waals surface area contributed by atoms with Crippen molar-refractivity contribution in [1.29, 1.82) is 0 Å². The Bertz CT molecular complexity index is 570. The van der Waals surface area contributed by atoms with E-state index in [1.165, 1.54) is 0 Å². The van der Waals surface area contributed by atoms with E-state index in [1.54, 1.807) is 22.5 Å². The van der Waals surface area contributed by atoms with Crippen molar-refractivity contribution in [2.24, 2.45) is 0 Å². The van der Waals surface area contributed by atoms with Crippen LogP contribution in [-0.2, 0) is 15.8 Å². The van der Waals surface area contributed by atoms with Crippen molar-refractivity contribution in [3.63, 3.8) is 0 Å². The molecule has 20 heavy (non-hydrogen) atoms. The lowest BCUT2D eigenvalue weighted by molar-refractivity contribution is 0.196. The van der Waals surface area contributed by atoms with Crippen LogP contribution in [-0.4, -0.2) is 50.3 Å². The molecule has 0 aromatic heterocycles. The van der Waals surface area contributed by atoms with Crippen LogP contribution < -0.4 is 0 Å². The molecule has 0 aliphatic carbocycles. The minimum Gasteiger partial charge on any atom is -0.301 e. The zero-order valence-electron chi connectivity index (χ0n) is 11.3. The van der Waals surface area contributed by atoms with E-state index in [1.807, 2.05) is 0 Å². The number of sulfonamides is 1. The third-order valence-electron chi connectivity index (χ3n) is 3.50. The SMILES string of the molecule is CCN1CCN(S(=O)(=O)Cc2ccc(Cl)c(Cl)c2)CC1. The second-order valence-electron chi connectivity index (χ2n) is 4.84. The predicted molar refractivity (Wildman–Crippen MR) is 82.8 cm³/mol. The molecule has 1 aliphatic rings. The molecule has 0 N–H and O–H groups in total. The summed E-state index contributed by atoms with van der Waals surface area (Å²) >= 11 is 11.8. The molecule has 0 bridgehead atoms. The van der Waals surface area contributed by atoms with Gasteiger partial charge >= 0.3 is 0 Å². The third-order valence-corrected chi connectivity index (χ3v) is 6.09. The minimum absolute atomic E-state index is 0.0317. The molecule has 0 amide bonds. The van der Waals surface area contributed by atoms with E-state index in [0.29, 0.717) is 28.7 Å². The second kappa shape index (κ2) is 6.62. The first-order valence-electron chi connectivity index (χ1n) is 6.56. The average Bonchev–Trinajstić information content (AvgIpc) is 2.43. The van der Waals surface area contributed by atoms with Gasteiger partial charge in [0, 0.05) is 26.2 Å². The van der Waals surface area contributed by atoms with E-state index >= 15 is 0 Å². The van der Waals surface area contributed by atoms with Gasteiger partial charge in [0.2, 0.25) is 10.0 Å². The molecule has 4 nitrogen and oxygen atoms in total. The fourth-order valence-electron chi connectivity index (χ4n) is 2.26. The molecule has 0 saturated carbocycles. The predicted octanol–water partition coefficient (Wildman–Crippen LogP) is 2.46. The van der Waals surface area contributed by atoms with Crippen LogP contribution in [0.1, 0.15) is 12.5 Å². The van der Waals surface area contributed by atoms with Gasteiger partial charge in [0.15, 0.2) is 0 Å². The number of likely N-dealkylation sites (N-methyl/N-ethyl adjacent to an activating group) is 1. The van der Waals surface area contributed by atoms with Crippen LogP contribution in [0.4, 0.5) is 0 Å². The number of nitrogens with zero attached hydrogens (tertiary/aromatic N) is 2. The highest BCUT2D eigenvalue weighted by molar-refractivity contribution is 7.88. The van der Waals surface area contributed by atoms with Crippen molar-refractivity contribution in [2.75, 3.05) is 32.7 Å².